The molecule has 1 aliphatic rings. The van der Waals surface area contributed by atoms with Crippen LogP contribution in [0.5, 0.6) is 5.75 Å². The van der Waals surface area contributed by atoms with Gasteiger partial charge in [-0.2, -0.15) is 0 Å². The maximum absolute atomic E-state index is 9.61. The predicted octanol–water partition coefficient (Wildman–Crippen LogP) is 4.37. The van der Waals surface area contributed by atoms with Crippen LogP contribution in [0.2, 0.25) is 0 Å². The fourth-order valence-corrected chi connectivity index (χ4v) is 4.49. The van der Waals surface area contributed by atoms with E-state index in [0.29, 0.717) is 11.4 Å². The molecular formula is C25H30N6O. The predicted molar refractivity (Wildman–Crippen MR) is 130 cm³/mol. The number of para-hydroxylation sites is 1. The van der Waals surface area contributed by atoms with E-state index in [0.717, 1.165) is 53.4 Å². The van der Waals surface area contributed by atoms with E-state index >= 15 is 0 Å². The number of nitrogens with one attached hydrogen (secondary N) is 2. The van der Waals surface area contributed by atoms with Crippen molar-refractivity contribution in [2.75, 3.05) is 0 Å². The number of H-pyrrole nitrogens is 1. The van der Waals surface area contributed by atoms with E-state index < -0.39 is 0 Å². The van der Waals surface area contributed by atoms with Crippen LogP contribution in [-0.2, 0) is 0 Å². The van der Waals surface area contributed by atoms with Gasteiger partial charge in [0.1, 0.15) is 17.3 Å². The number of amidine groups is 1. The van der Waals surface area contributed by atoms with Crippen molar-refractivity contribution in [3.63, 3.8) is 0 Å². The third-order valence-corrected chi connectivity index (χ3v) is 6.26. The summed E-state index contributed by atoms with van der Waals surface area (Å²) in [4.78, 5) is 3.38. The van der Waals surface area contributed by atoms with E-state index in [1.807, 2.05) is 36.4 Å². The van der Waals surface area contributed by atoms with E-state index in [2.05, 4.69) is 11.6 Å². The van der Waals surface area contributed by atoms with Gasteiger partial charge in [-0.25, -0.2) is 5.84 Å². The molecule has 1 saturated carbocycles. The minimum Gasteiger partial charge on any atom is -0.508 e. The zero-order valence-electron chi connectivity index (χ0n) is 18.1. The first kappa shape index (κ1) is 21.5. The molecule has 1 heterocycles. The maximum atomic E-state index is 9.61. The van der Waals surface area contributed by atoms with Gasteiger partial charge in [0.2, 0.25) is 0 Å². The molecule has 2 aromatic carbocycles. The Kier molecular flexibility index (Phi) is 5.92. The molecule has 0 bridgehead atoms. The number of phenols is 1. The second-order valence-corrected chi connectivity index (χ2v) is 8.37. The summed E-state index contributed by atoms with van der Waals surface area (Å²) in [6.45, 7) is 4.19. The Morgan fingerprint density at radius 3 is 2.41 bits per heavy atom. The Labute approximate surface area is 187 Å². The summed E-state index contributed by atoms with van der Waals surface area (Å²) in [5, 5.41) is 20.1. The average molecular weight is 431 g/mol. The molecule has 1 fully saturated rings. The standard InChI is InChI=1S/C25H30N6O/c1-15(16-6-3-2-4-7-16)31(29)24(25(27)28)22(26)21-14-18-8-5-9-20(23(18)30-21)17-10-12-19(32)13-11-17/h5,8-14,16,30,32H,1-4,6-7,26,29H2,(H3,27,28)/b24-22-. The van der Waals surface area contributed by atoms with Crippen LogP contribution in [0.4, 0.5) is 0 Å². The number of aromatic hydroxyl groups is 1. The van der Waals surface area contributed by atoms with Gasteiger partial charge < -0.3 is 21.6 Å². The highest BCUT2D eigenvalue weighted by Crippen LogP contribution is 2.33. The highest BCUT2D eigenvalue weighted by atomic mass is 16.3. The monoisotopic (exact) mass is 430 g/mol. The Morgan fingerprint density at radius 2 is 1.75 bits per heavy atom. The van der Waals surface area contributed by atoms with Gasteiger partial charge in [0, 0.05) is 22.6 Å². The van der Waals surface area contributed by atoms with Gasteiger partial charge in [0.15, 0.2) is 0 Å². The van der Waals surface area contributed by atoms with Crippen molar-refractivity contribution in [3.05, 3.63) is 72.2 Å². The van der Waals surface area contributed by atoms with Gasteiger partial charge >= 0.3 is 0 Å². The minimum absolute atomic E-state index is 0.209. The summed E-state index contributed by atoms with van der Waals surface area (Å²) in [6, 6.07) is 14.9. The molecule has 0 spiro atoms. The van der Waals surface area contributed by atoms with Crippen molar-refractivity contribution < 1.29 is 5.11 Å². The lowest BCUT2D eigenvalue weighted by atomic mass is 9.87. The molecule has 9 N–H and O–H groups in total. The van der Waals surface area contributed by atoms with E-state index in [1.54, 1.807) is 12.1 Å². The van der Waals surface area contributed by atoms with Crippen LogP contribution < -0.4 is 17.3 Å². The van der Waals surface area contributed by atoms with Crippen molar-refractivity contribution in [3.8, 4) is 16.9 Å². The SMILES string of the molecule is C=C(C1CCCCC1)N(N)/C(C(=N)N)=C(\N)c1cc2cccc(-c3ccc(O)cc3)c2[nH]1. The van der Waals surface area contributed by atoms with E-state index in [1.165, 1.54) is 11.4 Å². The first-order valence-corrected chi connectivity index (χ1v) is 10.9. The molecule has 1 aliphatic carbocycles. The van der Waals surface area contributed by atoms with Gasteiger partial charge in [0.05, 0.1) is 16.9 Å². The Hall–Kier alpha value is -3.71. The lowest BCUT2D eigenvalue weighted by molar-refractivity contribution is 0.322. The maximum Gasteiger partial charge on any atom is 0.143 e. The average Bonchev–Trinajstić information content (AvgIpc) is 3.24. The molecule has 0 aliphatic heterocycles. The summed E-state index contributed by atoms with van der Waals surface area (Å²) < 4.78 is 0. The van der Waals surface area contributed by atoms with Crippen LogP contribution in [0.1, 0.15) is 37.8 Å². The fourth-order valence-electron chi connectivity index (χ4n) is 4.49. The Balaban J connectivity index is 1.75. The quantitative estimate of drug-likeness (QED) is 0.149. The Morgan fingerprint density at radius 1 is 1.06 bits per heavy atom. The zero-order chi connectivity index (χ0) is 22.8. The minimum atomic E-state index is -0.209. The fraction of sp³-hybridized carbons (Fsp3) is 0.240. The molecule has 0 atom stereocenters. The molecule has 166 valence electrons. The largest absolute Gasteiger partial charge is 0.508 e. The van der Waals surface area contributed by atoms with Crippen LogP contribution in [0.25, 0.3) is 27.7 Å². The van der Waals surface area contributed by atoms with Crippen molar-refractivity contribution in [2.45, 2.75) is 32.1 Å². The number of hydrogen-bond acceptors (Lipinski definition) is 5. The van der Waals surface area contributed by atoms with Gasteiger partial charge in [-0.1, -0.05) is 56.2 Å². The smallest absolute Gasteiger partial charge is 0.143 e. The first-order chi connectivity index (χ1) is 15.4. The van der Waals surface area contributed by atoms with E-state index in [4.69, 9.17) is 22.7 Å². The number of benzene rings is 2. The van der Waals surface area contributed by atoms with Crippen LogP contribution in [0, 0.1) is 11.3 Å². The van der Waals surface area contributed by atoms with Gasteiger partial charge in [-0.05, 0) is 36.6 Å². The topological polar surface area (TPSA) is 141 Å². The lowest BCUT2D eigenvalue weighted by Gasteiger charge is -2.32. The molecule has 0 unspecified atom stereocenters. The summed E-state index contributed by atoms with van der Waals surface area (Å²) in [7, 11) is 0. The number of rotatable bonds is 6. The number of aromatic nitrogens is 1. The molecule has 7 nitrogen and oxygen atoms in total. The number of allylic oxidation sites excluding steroid dienone is 1. The van der Waals surface area contributed by atoms with Crippen molar-refractivity contribution in [2.24, 2.45) is 23.2 Å². The summed E-state index contributed by atoms with van der Waals surface area (Å²) >= 11 is 0. The highest BCUT2D eigenvalue weighted by Gasteiger charge is 2.25. The third kappa shape index (κ3) is 4.07. The number of phenolic OH excluding ortho intramolecular Hbond substituents is 1. The third-order valence-electron chi connectivity index (χ3n) is 6.26. The van der Waals surface area contributed by atoms with Gasteiger partial charge in [-0.3, -0.25) is 10.4 Å². The summed E-state index contributed by atoms with van der Waals surface area (Å²) in [6.07, 6.45) is 5.58. The zero-order valence-corrected chi connectivity index (χ0v) is 18.1. The number of hydrazine groups is 1. The number of aromatic amines is 1. The first-order valence-electron chi connectivity index (χ1n) is 10.9. The molecule has 0 saturated heterocycles. The number of nitrogens with two attached hydrogens (primary N) is 3. The van der Waals surface area contributed by atoms with E-state index in [-0.39, 0.29) is 23.2 Å². The normalized spacial score (nSPS) is 15.4. The van der Waals surface area contributed by atoms with Gasteiger partial charge in [-0.15, -0.1) is 0 Å². The summed E-state index contributed by atoms with van der Waals surface area (Å²) in [5.41, 5.74) is 17.2. The lowest BCUT2D eigenvalue weighted by Crippen LogP contribution is -2.39. The molecule has 4 rings (SSSR count). The van der Waals surface area contributed by atoms with Crippen molar-refractivity contribution in [1.29, 1.82) is 5.41 Å². The summed E-state index contributed by atoms with van der Waals surface area (Å²) in [5.74, 6) is 6.67. The molecule has 0 radical (unpaired) electrons. The number of fused-ring (bicyclic) bond motifs is 1. The number of nitrogens with zero attached hydrogens (tertiary/aromatic N) is 1. The molecular weight excluding hydrogens is 400 g/mol. The molecule has 3 aromatic rings. The molecule has 32 heavy (non-hydrogen) atoms. The van der Waals surface area contributed by atoms with Crippen molar-refractivity contribution in [1.82, 2.24) is 9.99 Å². The van der Waals surface area contributed by atoms with Crippen LogP contribution in [0.3, 0.4) is 0 Å². The second-order valence-electron chi connectivity index (χ2n) is 8.37. The van der Waals surface area contributed by atoms with E-state index in [9.17, 15) is 5.11 Å². The molecule has 0 amide bonds. The van der Waals surface area contributed by atoms with Gasteiger partial charge in [0.25, 0.3) is 0 Å². The molecule has 7 heteroatoms. The Bertz CT molecular complexity index is 1180. The highest BCUT2D eigenvalue weighted by molar-refractivity contribution is 6.02. The molecule has 1 aromatic heterocycles. The van der Waals surface area contributed by atoms with Crippen LogP contribution >= 0.6 is 0 Å². The van der Waals surface area contributed by atoms with Crippen molar-refractivity contribution >= 4 is 22.4 Å². The second kappa shape index (κ2) is 8.80. The number of hydrogen-bond donors (Lipinski definition) is 6. The van der Waals surface area contributed by atoms with Crippen LogP contribution in [0.15, 0.2) is 66.5 Å². The van der Waals surface area contributed by atoms with Crippen LogP contribution in [-0.4, -0.2) is 20.9 Å².